The van der Waals surface area contributed by atoms with E-state index in [9.17, 15) is 0 Å². The van der Waals surface area contributed by atoms with Gasteiger partial charge in [0.05, 0.1) is 19.8 Å². The third-order valence-electron chi connectivity index (χ3n) is 4.62. The molecular formula is C21H22O6. The minimum Gasteiger partial charge on any atom is -0.487 e. The van der Waals surface area contributed by atoms with E-state index in [1.165, 1.54) is 0 Å². The van der Waals surface area contributed by atoms with Crippen LogP contribution >= 0.6 is 0 Å². The predicted octanol–water partition coefficient (Wildman–Crippen LogP) is 2.69. The Bertz CT molecular complexity index is 781. The standard InChI is InChI=1S/C21H22O6/c1-2-4-14(5-3-1)18-6-7-19(25-11-15-8-22-15)21(27-13-17-10-24-17)20(18)26-12-16-9-23-16/h1-7,15-17H,8-13H2. The molecule has 2 aromatic carbocycles. The van der Waals surface area contributed by atoms with Gasteiger partial charge < -0.3 is 28.4 Å². The van der Waals surface area contributed by atoms with Gasteiger partial charge in [-0.05, 0) is 17.7 Å². The van der Waals surface area contributed by atoms with Gasteiger partial charge in [0.2, 0.25) is 5.75 Å². The normalized spacial score (nSPS) is 25.0. The first-order valence-electron chi connectivity index (χ1n) is 9.32. The van der Waals surface area contributed by atoms with E-state index in [0.29, 0.717) is 37.1 Å². The first kappa shape index (κ1) is 16.9. The second-order valence-corrected chi connectivity index (χ2v) is 6.93. The Morgan fingerprint density at radius 3 is 1.81 bits per heavy atom. The lowest BCUT2D eigenvalue weighted by molar-refractivity contribution is 0.209. The van der Waals surface area contributed by atoms with Crippen LogP contribution in [-0.2, 0) is 14.2 Å². The largest absolute Gasteiger partial charge is 0.487 e. The van der Waals surface area contributed by atoms with Crippen molar-refractivity contribution in [2.24, 2.45) is 0 Å². The van der Waals surface area contributed by atoms with Crippen molar-refractivity contribution < 1.29 is 28.4 Å². The summed E-state index contributed by atoms with van der Waals surface area (Å²) in [7, 11) is 0. The maximum Gasteiger partial charge on any atom is 0.204 e. The van der Waals surface area contributed by atoms with Crippen molar-refractivity contribution in [1.82, 2.24) is 0 Å². The second-order valence-electron chi connectivity index (χ2n) is 6.93. The van der Waals surface area contributed by atoms with Gasteiger partial charge in [0.1, 0.15) is 38.1 Å². The average Bonchev–Trinajstić information content (AvgIpc) is 3.57. The smallest absolute Gasteiger partial charge is 0.204 e. The molecule has 27 heavy (non-hydrogen) atoms. The van der Waals surface area contributed by atoms with Crippen molar-refractivity contribution >= 4 is 0 Å². The molecule has 3 saturated heterocycles. The summed E-state index contributed by atoms with van der Waals surface area (Å²) in [6, 6.07) is 14.1. The number of ether oxygens (including phenoxy) is 6. The van der Waals surface area contributed by atoms with E-state index in [0.717, 1.165) is 30.9 Å². The summed E-state index contributed by atoms with van der Waals surface area (Å²) in [4.78, 5) is 0. The molecule has 0 aromatic heterocycles. The summed E-state index contributed by atoms with van der Waals surface area (Å²) in [5.74, 6) is 1.97. The average molecular weight is 370 g/mol. The Morgan fingerprint density at radius 1 is 0.667 bits per heavy atom. The van der Waals surface area contributed by atoms with E-state index in [4.69, 9.17) is 28.4 Å². The molecule has 5 rings (SSSR count). The molecule has 0 radical (unpaired) electrons. The van der Waals surface area contributed by atoms with E-state index in [1.807, 2.05) is 30.3 Å². The zero-order valence-corrected chi connectivity index (χ0v) is 15.0. The second kappa shape index (κ2) is 7.38. The van der Waals surface area contributed by atoms with Crippen molar-refractivity contribution in [2.45, 2.75) is 18.3 Å². The zero-order chi connectivity index (χ0) is 18.1. The molecule has 0 N–H and O–H groups in total. The van der Waals surface area contributed by atoms with Crippen molar-refractivity contribution in [3.05, 3.63) is 42.5 Å². The van der Waals surface area contributed by atoms with Crippen LogP contribution in [-0.4, -0.2) is 58.0 Å². The SMILES string of the molecule is c1ccc(-c2ccc(OCC3CO3)c(OCC3CO3)c2OCC2CO2)cc1. The molecule has 3 unspecified atom stereocenters. The van der Waals surface area contributed by atoms with E-state index >= 15 is 0 Å². The van der Waals surface area contributed by atoms with E-state index in [2.05, 4.69) is 12.1 Å². The summed E-state index contributed by atoms with van der Waals surface area (Å²) in [6.45, 7) is 3.69. The quantitative estimate of drug-likeness (QED) is 0.599. The van der Waals surface area contributed by atoms with Crippen molar-refractivity contribution in [3.8, 4) is 28.4 Å². The van der Waals surface area contributed by atoms with Gasteiger partial charge in [0.25, 0.3) is 0 Å². The third-order valence-corrected chi connectivity index (χ3v) is 4.62. The molecule has 6 nitrogen and oxygen atoms in total. The van der Waals surface area contributed by atoms with Crippen LogP contribution in [0.1, 0.15) is 0 Å². The van der Waals surface area contributed by atoms with E-state index in [-0.39, 0.29) is 18.3 Å². The molecule has 2 aromatic rings. The minimum absolute atomic E-state index is 0.143. The van der Waals surface area contributed by atoms with Crippen LogP contribution in [0.15, 0.2) is 42.5 Å². The first-order valence-corrected chi connectivity index (χ1v) is 9.32. The molecule has 142 valence electrons. The minimum atomic E-state index is 0.143. The summed E-state index contributed by atoms with van der Waals surface area (Å²) in [5, 5.41) is 0. The Kier molecular flexibility index (Phi) is 4.61. The number of hydrogen-bond acceptors (Lipinski definition) is 6. The molecular weight excluding hydrogens is 348 g/mol. The van der Waals surface area contributed by atoms with Crippen LogP contribution in [0.5, 0.6) is 17.2 Å². The van der Waals surface area contributed by atoms with Gasteiger partial charge in [0.15, 0.2) is 11.5 Å². The Hall–Kier alpha value is -2.28. The van der Waals surface area contributed by atoms with Crippen LogP contribution < -0.4 is 14.2 Å². The molecule has 0 bridgehead atoms. The lowest BCUT2D eigenvalue weighted by Crippen LogP contribution is -2.12. The van der Waals surface area contributed by atoms with Crippen LogP contribution in [0.4, 0.5) is 0 Å². The van der Waals surface area contributed by atoms with Gasteiger partial charge in [-0.25, -0.2) is 0 Å². The van der Waals surface area contributed by atoms with Gasteiger partial charge in [0, 0.05) is 5.56 Å². The van der Waals surface area contributed by atoms with Gasteiger partial charge in [-0.3, -0.25) is 0 Å². The summed E-state index contributed by atoms with van der Waals surface area (Å²) in [6.07, 6.45) is 0.463. The fourth-order valence-corrected chi connectivity index (χ4v) is 2.81. The lowest BCUT2D eigenvalue weighted by atomic mass is 10.0. The van der Waals surface area contributed by atoms with Crippen molar-refractivity contribution in [1.29, 1.82) is 0 Å². The van der Waals surface area contributed by atoms with Crippen molar-refractivity contribution in [3.63, 3.8) is 0 Å². The molecule has 3 aliphatic rings. The molecule has 0 amide bonds. The molecule has 3 aliphatic heterocycles. The van der Waals surface area contributed by atoms with Crippen molar-refractivity contribution in [2.75, 3.05) is 39.6 Å². The highest BCUT2D eigenvalue weighted by Crippen LogP contribution is 2.45. The highest BCUT2D eigenvalue weighted by Gasteiger charge is 2.29. The maximum atomic E-state index is 6.16. The van der Waals surface area contributed by atoms with Crippen LogP contribution in [0.25, 0.3) is 11.1 Å². The van der Waals surface area contributed by atoms with Gasteiger partial charge in [-0.15, -0.1) is 0 Å². The Labute approximate surface area is 157 Å². The summed E-state index contributed by atoms with van der Waals surface area (Å²) >= 11 is 0. The molecule has 6 heteroatoms. The van der Waals surface area contributed by atoms with E-state index < -0.39 is 0 Å². The summed E-state index contributed by atoms with van der Waals surface area (Å²) < 4.78 is 34.1. The number of epoxide rings is 3. The number of benzene rings is 2. The van der Waals surface area contributed by atoms with Crippen LogP contribution in [0.3, 0.4) is 0 Å². The third kappa shape index (κ3) is 4.35. The van der Waals surface area contributed by atoms with E-state index in [1.54, 1.807) is 0 Å². The number of hydrogen-bond donors (Lipinski definition) is 0. The molecule has 0 spiro atoms. The first-order chi connectivity index (χ1) is 13.4. The predicted molar refractivity (Wildman–Crippen MR) is 97.6 cm³/mol. The van der Waals surface area contributed by atoms with Gasteiger partial charge in [-0.2, -0.15) is 0 Å². The van der Waals surface area contributed by atoms with Gasteiger partial charge >= 0.3 is 0 Å². The maximum absolute atomic E-state index is 6.16. The highest BCUT2D eigenvalue weighted by molar-refractivity contribution is 5.76. The molecule has 3 fully saturated rings. The molecule has 3 heterocycles. The summed E-state index contributed by atoms with van der Waals surface area (Å²) in [5.41, 5.74) is 2.03. The zero-order valence-electron chi connectivity index (χ0n) is 15.0. The molecule has 0 aliphatic carbocycles. The molecule has 0 saturated carbocycles. The molecule has 3 atom stereocenters. The monoisotopic (exact) mass is 370 g/mol. The fourth-order valence-electron chi connectivity index (χ4n) is 2.81. The highest BCUT2D eigenvalue weighted by atomic mass is 16.6. The van der Waals surface area contributed by atoms with Crippen LogP contribution in [0, 0.1) is 0 Å². The lowest BCUT2D eigenvalue weighted by Gasteiger charge is -2.19. The van der Waals surface area contributed by atoms with Gasteiger partial charge in [-0.1, -0.05) is 30.3 Å². The Morgan fingerprint density at radius 2 is 1.22 bits per heavy atom. The fraction of sp³-hybridized carbons (Fsp3) is 0.429. The topological polar surface area (TPSA) is 65.3 Å². The number of rotatable bonds is 10. The van der Waals surface area contributed by atoms with Crippen LogP contribution in [0.2, 0.25) is 0 Å². The Balaban J connectivity index is 1.49.